The summed E-state index contributed by atoms with van der Waals surface area (Å²) in [5, 5.41) is 3.61. The molecule has 0 aromatic rings. The number of unbranched alkanes of at least 4 members (excludes halogenated alkanes) is 17. The zero-order valence-corrected chi connectivity index (χ0v) is 30.3. The number of ether oxygens (including phenoxy) is 1. The minimum Gasteiger partial charge on any atom is -0.369 e. The van der Waals surface area contributed by atoms with Crippen molar-refractivity contribution >= 4 is 11.8 Å². The summed E-state index contributed by atoms with van der Waals surface area (Å²) in [5.41, 5.74) is 3.19. The highest BCUT2D eigenvalue weighted by atomic mass is 16.6. The Balaban J connectivity index is 1.94. The normalized spacial score (nSPS) is 23.9. The van der Waals surface area contributed by atoms with Crippen LogP contribution in [0, 0.1) is 5.92 Å². The van der Waals surface area contributed by atoms with Gasteiger partial charge in [0.1, 0.15) is 5.72 Å². The summed E-state index contributed by atoms with van der Waals surface area (Å²) in [5.74, 6) is -1.18. The van der Waals surface area contributed by atoms with Gasteiger partial charge in [0.2, 0.25) is 5.91 Å². The number of nitrogens with two attached hydrogens (primary N) is 1. The van der Waals surface area contributed by atoms with Crippen LogP contribution >= 0.6 is 0 Å². The lowest BCUT2D eigenvalue weighted by Gasteiger charge is -2.54. The number of carbonyl (C=O) groups excluding carboxylic acids is 2. The van der Waals surface area contributed by atoms with E-state index in [-0.39, 0.29) is 11.4 Å². The Morgan fingerprint density at radius 1 is 0.727 bits per heavy atom. The zero-order chi connectivity index (χ0) is 32.7. The Kier molecular flexibility index (Phi) is 16.7. The van der Waals surface area contributed by atoms with Crippen LogP contribution in [0.15, 0.2) is 0 Å². The predicted octanol–water partition coefficient (Wildman–Crippen LogP) is 9.57. The smallest absolute Gasteiger partial charge is 0.258 e. The van der Waals surface area contributed by atoms with Crippen LogP contribution in [-0.2, 0) is 14.3 Å². The Morgan fingerprint density at radius 2 is 1.14 bits per heavy atom. The second-order valence-electron chi connectivity index (χ2n) is 15.6. The van der Waals surface area contributed by atoms with Crippen LogP contribution in [0.4, 0.5) is 0 Å². The number of carbonyl (C=O) groups is 2. The first-order valence-corrected chi connectivity index (χ1v) is 19.0. The maximum absolute atomic E-state index is 14.7. The number of nitrogens with one attached hydrogen (secondary N) is 1. The van der Waals surface area contributed by atoms with Crippen molar-refractivity contribution in [3.05, 3.63) is 0 Å². The SMILES string of the molecule is CCCCCCCCCCCCCCCCCCN1C(=O)C2(CC(C)(C)NC(C)(C)C2C(N)=O)OC1(CCCC)CCCC. The van der Waals surface area contributed by atoms with Crippen molar-refractivity contribution < 1.29 is 14.3 Å². The average molecular weight is 620 g/mol. The van der Waals surface area contributed by atoms with Crippen LogP contribution in [0.3, 0.4) is 0 Å². The molecule has 0 aromatic carbocycles. The van der Waals surface area contributed by atoms with Crippen molar-refractivity contribution in [2.24, 2.45) is 11.7 Å². The molecule has 0 bridgehead atoms. The van der Waals surface area contributed by atoms with E-state index in [0.717, 1.165) is 51.4 Å². The number of primary amides is 1. The van der Waals surface area contributed by atoms with Gasteiger partial charge in [0.15, 0.2) is 5.60 Å². The molecule has 2 atom stereocenters. The summed E-state index contributed by atoms with van der Waals surface area (Å²) in [7, 11) is 0. The standard InChI is InChI=1S/C38H73N3O3/c1-8-11-14-15-16-17-18-19-20-21-22-23-24-25-26-27-30-41-34(43)38(44-37(41,28-12-9-2)29-13-10-3)31-35(4,5)40-36(6,7)32(38)33(39)42/h32,40H,8-31H2,1-7H3,(H2,39,42). The molecule has 0 saturated carbocycles. The molecule has 2 aliphatic heterocycles. The lowest BCUT2D eigenvalue weighted by molar-refractivity contribution is -0.200. The van der Waals surface area contributed by atoms with E-state index in [2.05, 4.69) is 44.8 Å². The minimum absolute atomic E-state index is 0.00267. The lowest BCUT2D eigenvalue weighted by atomic mass is 9.64. The van der Waals surface area contributed by atoms with E-state index in [1.165, 1.54) is 89.9 Å². The first-order valence-electron chi connectivity index (χ1n) is 19.0. The fraction of sp³-hybridized carbons (Fsp3) is 0.947. The highest BCUT2D eigenvalue weighted by molar-refractivity contribution is 5.95. The molecule has 2 heterocycles. The summed E-state index contributed by atoms with van der Waals surface area (Å²) < 4.78 is 7.17. The van der Waals surface area contributed by atoms with Gasteiger partial charge in [0.25, 0.3) is 5.91 Å². The predicted molar refractivity (Wildman–Crippen MR) is 185 cm³/mol. The third kappa shape index (κ3) is 11.0. The van der Waals surface area contributed by atoms with Crippen molar-refractivity contribution in [1.29, 1.82) is 0 Å². The quantitative estimate of drug-likeness (QED) is 0.105. The summed E-state index contributed by atoms with van der Waals surface area (Å²) in [6, 6.07) is 0. The van der Waals surface area contributed by atoms with Gasteiger partial charge in [0, 0.05) is 24.0 Å². The summed E-state index contributed by atoms with van der Waals surface area (Å²) in [6.07, 6.45) is 27.4. The zero-order valence-electron chi connectivity index (χ0n) is 30.3. The van der Waals surface area contributed by atoms with Crippen molar-refractivity contribution in [2.45, 2.75) is 219 Å². The second kappa shape index (κ2) is 18.9. The number of piperidine rings is 1. The molecule has 2 rings (SSSR count). The molecule has 6 heteroatoms. The summed E-state index contributed by atoms with van der Waals surface area (Å²) in [4.78, 5) is 29.8. The van der Waals surface area contributed by atoms with Gasteiger partial charge in [0.05, 0.1) is 5.92 Å². The molecule has 6 nitrogen and oxygen atoms in total. The molecule has 2 amide bonds. The van der Waals surface area contributed by atoms with Gasteiger partial charge in [-0.1, -0.05) is 130 Å². The van der Waals surface area contributed by atoms with E-state index in [4.69, 9.17) is 10.5 Å². The molecule has 2 unspecified atom stereocenters. The van der Waals surface area contributed by atoms with E-state index in [1.807, 2.05) is 13.8 Å². The molecule has 2 aliphatic rings. The Labute approximate surface area is 272 Å². The van der Waals surface area contributed by atoms with Gasteiger partial charge < -0.3 is 20.7 Å². The third-order valence-corrected chi connectivity index (χ3v) is 10.4. The number of hydrogen-bond donors (Lipinski definition) is 2. The maximum Gasteiger partial charge on any atom is 0.258 e. The third-order valence-electron chi connectivity index (χ3n) is 10.4. The van der Waals surface area contributed by atoms with Gasteiger partial charge in [-0.25, -0.2) is 0 Å². The molecule has 0 radical (unpaired) electrons. The topological polar surface area (TPSA) is 84.7 Å². The van der Waals surface area contributed by atoms with Gasteiger partial charge in [-0.05, 0) is 59.8 Å². The van der Waals surface area contributed by atoms with Gasteiger partial charge >= 0.3 is 0 Å². The van der Waals surface area contributed by atoms with Gasteiger partial charge in [-0.2, -0.15) is 0 Å². The molecule has 1 spiro atoms. The van der Waals surface area contributed by atoms with E-state index in [0.29, 0.717) is 13.0 Å². The van der Waals surface area contributed by atoms with Gasteiger partial charge in [-0.3, -0.25) is 9.59 Å². The van der Waals surface area contributed by atoms with Crippen LogP contribution in [0.2, 0.25) is 0 Å². The first-order chi connectivity index (χ1) is 20.9. The molecule has 2 fully saturated rings. The van der Waals surface area contributed by atoms with Crippen LogP contribution < -0.4 is 11.1 Å². The van der Waals surface area contributed by atoms with E-state index < -0.39 is 28.7 Å². The molecule has 3 N–H and O–H groups in total. The van der Waals surface area contributed by atoms with E-state index >= 15 is 0 Å². The summed E-state index contributed by atoms with van der Waals surface area (Å²) >= 11 is 0. The average Bonchev–Trinajstić information content (AvgIpc) is 3.15. The van der Waals surface area contributed by atoms with Crippen molar-refractivity contribution in [1.82, 2.24) is 10.2 Å². The fourth-order valence-corrected chi connectivity index (χ4v) is 8.59. The van der Waals surface area contributed by atoms with Crippen LogP contribution in [0.5, 0.6) is 0 Å². The van der Waals surface area contributed by atoms with Crippen molar-refractivity contribution in [2.75, 3.05) is 6.54 Å². The van der Waals surface area contributed by atoms with Crippen LogP contribution in [-0.4, -0.2) is 45.7 Å². The van der Waals surface area contributed by atoms with E-state index in [9.17, 15) is 9.59 Å². The molecule has 0 aliphatic carbocycles. The van der Waals surface area contributed by atoms with E-state index in [1.54, 1.807) is 0 Å². The molecule has 258 valence electrons. The minimum atomic E-state index is -1.22. The highest BCUT2D eigenvalue weighted by Crippen LogP contribution is 2.53. The monoisotopic (exact) mass is 620 g/mol. The number of rotatable bonds is 24. The molecule has 2 saturated heterocycles. The molecular weight excluding hydrogens is 546 g/mol. The highest BCUT2D eigenvalue weighted by Gasteiger charge is 2.70. The van der Waals surface area contributed by atoms with Crippen LogP contribution in [0.25, 0.3) is 0 Å². The molecule has 44 heavy (non-hydrogen) atoms. The first kappa shape index (κ1) is 39.0. The number of hydrogen-bond acceptors (Lipinski definition) is 4. The maximum atomic E-state index is 14.7. The fourth-order valence-electron chi connectivity index (χ4n) is 8.59. The Bertz CT molecular complexity index is 833. The molecular formula is C38H73N3O3. The summed E-state index contributed by atoms with van der Waals surface area (Å²) in [6.45, 7) is 15.6. The van der Waals surface area contributed by atoms with Crippen LogP contribution in [0.1, 0.15) is 196 Å². The number of amides is 2. The Morgan fingerprint density at radius 3 is 1.55 bits per heavy atom. The lowest BCUT2D eigenvalue weighted by Crippen LogP contribution is -2.74. The van der Waals surface area contributed by atoms with Gasteiger partial charge in [-0.15, -0.1) is 0 Å². The second-order valence-corrected chi connectivity index (χ2v) is 15.6. The van der Waals surface area contributed by atoms with Crippen molar-refractivity contribution in [3.8, 4) is 0 Å². The largest absolute Gasteiger partial charge is 0.369 e. The number of nitrogens with zero attached hydrogens (tertiary/aromatic N) is 1. The Hall–Kier alpha value is -1.14. The molecule has 0 aromatic heterocycles. The van der Waals surface area contributed by atoms with Crippen molar-refractivity contribution in [3.63, 3.8) is 0 Å².